The number of thiophene rings is 1. The van der Waals surface area contributed by atoms with Crippen molar-refractivity contribution in [2.45, 2.75) is 26.7 Å². The number of thioether (sulfide) groups is 1. The zero-order chi connectivity index (χ0) is 17.0. The van der Waals surface area contributed by atoms with Crippen molar-refractivity contribution in [2.24, 2.45) is 0 Å². The van der Waals surface area contributed by atoms with Gasteiger partial charge in [-0.1, -0.05) is 29.8 Å². The minimum Gasteiger partial charge on any atom is -0.381 e. The molecule has 0 unspecified atom stereocenters. The van der Waals surface area contributed by atoms with Crippen molar-refractivity contribution in [1.29, 1.82) is 0 Å². The van der Waals surface area contributed by atoms with Gasteiger partial charge >= 0.3 is 0 Å². The van der Waals surface area contributed by atoms with Crippen LogP contribution in [-0.4, -0.2) is 32.9 Å². The average molecular weight is 404 g/mol. The predicted octanol–water partition coefficient (Wildman–Crippen LogP) is 4.02. The molecule has 8 heteroatoms. The second-order valence-corrected chi connectivity index (χ2v) is 10.8. The van der Waals surface area contributed by atoms with Crippen LogP contribution in [0, 0.1) is 0 Å². The summed E-state index contributed by atoms with van der Waals surface area (Å²) < 4.78 is 33.7. The second-order valence-electron chi connectivity index (χ2n) is 5.59. The molecule has 0 aliphatic carbocycles. The van der Waals surface area contributed by atoms with Crippen LogP contribution >= 0.6 is 34.7 Å². The van der Waals surface area contributed by atoms with Crippen LogP contribution in [0.1, 0.15) is 12.8 Å². The van der Waals surface area contributed by atoms with Gasteiger partial charge in [0, 0.05) is 29.4 Å². The van der Waals surface area contributed by atoms with Gasteiger partial charge in [0.2, 0.25) is 10.0 Å². The molecule has 1 aliphatic heterocycles. The molecule has 0 amide bonds. The molecule has 130 valence electrons. The Labute approximate surface area is 155 Å². The number of nitrogens with one attached hydrogen (secondary N) is 1. The lowest BCUT2D eigenvalue weighted by Crippen LogP contribution is -2.44. The highest BCUT2D eigenvalue weighted by atomic mass is 35.5. The average Bonchev–Trinajstić information content (AvgIpc) is 3.03. The topological polar surface area (TPSA) is 55.4 Å². The van der Waals surface area contributed by atoms with Gasteiger partial charge in [-0.15, -0.1) is 23.1 Å². The lowest BCUT2D eigenvalue weighted by molar-refractivity contribution is 0.0784. The quantitative estimate of drug-likeness (QED) is 0.791. The molecule has 3 rings (SSSR count). The highest BCUT2D eigenvalue weighted by Gasteiger charge is 2.35. The van der Waals surface area contributed by atoms with E-state index in [-0.39, 0.29) is 8.96 Å². The Hall–Kier alpha value is -0.570. The van der Waals surface area contributed by atoms with E-state index in [4.69, 9.17) is 16.3 Å². The third-order valence-corrected chi connectivity index (χ3v) is 8.50. The van der Waals surface area contributed by atoms with Crippen LogP contribution in [0.3, 0.4) is 0 Å². The summed E-state index contributed by atoms with van der Waals surface area (Å²) in [5.41, 5.74) is 0. The molecule has 0 radical (unpaired) electrons. The highest BCUT2D eigenvalue weighted by molar-refractivity contribution is 8.00. The Morgan fingerprint density at radius 2 is 1.88 bits per heavy atom. The third-order valence-electron chi connectivity index (χ3n) is 3.88. The number of halogens is 1. The molecule has 1 fully saturated rings. The smallest absolute Gasteiger partial charge is 0.250 e. The van der Waals surface area contributed by atoms with Crippen molar-refractivity contribution in [3.8, 4) is 0 Å². The fraction of sp³-hybridized carbons (Fsp3) is 0.375. The first kappa shape index (κ1) is 18.2. The Morgan fingerprint density at radius 1 is 1.17 bits per heavy atom. The summed E-state index contributed by atoms with van der Waals surface area (Å²) >= 11 is 8.65. The normalized spacial score (nSPS) is 17.7. The van der Waals surface area contributed by atoms with Crippen LogP contribution < -0.4 is 4.72 Å². The van der Waals surface area contributed by atoms with Gasteiger partial charge in [-0.05, 0) is 37.1 Å². The summed E-state index contributed by atoms with van der Waals surface area (Å²) in [6.45, 7) is 1.66. The van der Waals surface area contributed by atoms with E-state index in [1.54, 1.807) is 17.8 Å². The molecule has 2 aromatic rings. The summed E-state index contributed by atoms with van der Waals surface area (Å²) in [4.78, 5) is 1.14. The summed E-state index contributed by atoms with van der Waals surface area (Å²) in [7, 11) is -3.54. The monoisotopic (exact) mass is 403 g/mol. The first-order valence-corrected chi connectivity index (χ1v) is 11.1. The van der Waals surface area contributed by atoms with E-state index in [0.717, 1.165) is 29.1 Å². The van der Waals surface area contributed by atoms with Gasteiger partial charge in [0.05, 0.1) is 4.34 Å². The first-order valence-electron chi connectivity index (χ1n) is 7.56. The molecule has 0 atom stereocenters. The van der Waals surface area contributed by atoms with Gasteiger partial charge in [0.15, 0.2) is 0 Å². The maximum absolute atomic E-state index is 12.5. The van der Waals surface area contributed by atoms with Crippen LogP contribution in [0.5, 0.6) is 0 Å². The number of benzene rings is 1. The van der Waals surface area contributed by atoms with E-state index >= 15 is 0 Å². The van der Waals surface area contributed by atoms with Gasteiger partial charge in [-0.25, -0.2) is 13.1 Å². The van der Waals surface area contributed by atoms with Crippen LogP contribution in [0.15, 0.2) is 51.6 Å². The molecule has 0 spiro atoms. The maximum Gasteiger partial charge on any atom is 0.250 e. The Balaban J connectivity index is 1.75. The Morgan fingerprint density at radius 3 is 2.50 bits per heavy atom. The summed E-state index contributed by atoms with van der Waals surface area (Å²) in [5.74, 6) is 0. The van der Waals surface area contributed by atoms with Crippen LogP contribution in [0.4, 0.5) is 0 Å². The first-order chi connectivity index (χ1) is 11.5. The zero-order valence-electron chi connectivity index (χ0n) is 12.9. The van der Waals surface area contributed by atoms with Crippen molar-refractivity contribution in [1.82, 2.24) is 4.72 Å². The van der Waals surface area contributed by atoms with Crippen molar-refractivity contribution in [3.63, 3.8) is 0 Å². The van der Waals surface area contributed by atoms with Crippen LogP contribution in [0.2, 0.25) is 4.34 Å². The van der Waals surface area contributed by atoms with Crippen molar-refractivity contribution in [3.05, 3.63) is 46.8 Å². The number of ether oxygens (including phenoxy) is 1. The van der Waals surface area contributed by atoms with Gasteiger partial charge in [-0.3, -0.25) is 0 Å². The lowest BCUT2D eigenvalue weighted by atomic mass is 9.99. The van der Waals surface area contributed by atoms with Crippen molar-refractivity contribution < 1.29 is 13.2 Å². The fourth-order valence-corrected chi connectivity index (χ4v) is 6.59. The summed E-state index contributed by atoms with van der Waals surface area (Å²) in [6.07, 6.45) is 1.61. The number of sulfonamides is 1. The molecule has 1 saturated heterocycles. The van der Waals surface area contributed by atoms with E-state index < -0.39 is 10.0 Å². The number of hydrogen-bond donors (Lipinski definition) is 1. The number of hydrogen-bond acceptors (Lipinski definition) is 5. The maximum atomic E-state index is 12.5. The predicted molar refractivity (Wildman–Crippen MR) is 99.6 cm³/mol. The van der Waals surface area contributed by atoms with Crippen LogP contribution in [-0.2, 0) is 14.8 Å². The minimum atomic E-state index is -3.54. The zero-order valence-corrected chi connectivity index (χ0v) is 16.1. The van der Waals surface area contributed by atoms with Crippen molar-refractivity contribution in [2.75, 3.05) is 19.8 Å². The Bertz CT molecular complexity index is 771. The molecule has 0 bridgehead atoms. The summed E-state index contributed by atoms with van der Waals surface area (Å²) in [5, 5.41) is 0. The standard InChI is InChI=1S/C16H18ClNO3S3/c17-14-6-7-15(22-14)24(19,20)18-12-16(8-10-21-11-9-16)23-13-4-2-1-3-5-13/h1-7,18H,8-12H2. The van der Waals surface area contributed by atoms with E-state index in [1.807, 2.05) is 18.2 Å². The Kier molecular flexibility index (Phi) is 5.89. The summed E-state index contributed by atoms with van der Waals surface area (Å²) in [6, 6.07) is 13.2. The largest absolute Gasteiger partial charge is 0.381 e. The van der Waals surface area contributed by atoms with Gasteiger partial charge in [0.25, 0.3) is 0 Å². The van der Waals surface area contributed by atoms with E-state index in [2.05, 4.69) is 16.9 Å². The minimum absolute atomic E-state index is 0.201. The van der Waals surface area contributed by atoms with Gasteiger partial charge in [0.1, 0.15) is 4.21 Å². The molecule has 0 saturated carbocycles. The highest BCUT2D eigenvalue weighted by Crippen LogP contribution is 2.40. The second kappa shape index (κ2) is 7.76. The number of rotatable bonds is 6. The molecule has 4 nitrogen and oxygen atoms in total. The molecule has 1 aliphatic rings. The van der Waals surface area contributed by atoms with Crippen LogP contribution in [0.25, 0.3) is 0 Å². The van der Waals surface area contributed by atoms with E-state index in [1.165, 1.54) is 6.07 Å². The van der Waals surface area contributed by atoms with Gasteiger partial charge in [-0.2, -0.15) is 0 Å². The fourth-order valence-electron chi connectivity index (χ4n) is 2.54. The molecule has 2 heterocycles. The third kappa shape index (κ3) is 4.53. The molecule has 24 heavy (non-hydrogen) atoms. The lowest BCUT2D eigenvalue weighted by Gasteiger charge is -2.36. The van der Waals surface area contributed by atoms with E-state index in [9.17, 15) is 8.42 Å². The molecular formula is C16H18ClNO3S3. The van der Waals surface area contributed by atoms with Crippen molar-refractivity contribution >= 4 is 44.7 Å². The van der Waals surface area contributed by atoms with E-state index in [0.29, 0.717) is 24.1 Å². The molecular weight excluding hydrogens is 386 g/mol. The molecule has 1 aromatic carbocycles. The SMILES string of the molecule is O=S(=O)(NCC1(Sc2ccccc2)CCOCC1)c1ccc(Cl)s1. The molecule has 1 aromatic heterocycles. The molecule has 1 N–H and O–H groups in total. The van der Waals surface area contributed by atoms with Gasteiger partial charge < -0.3 is 4.74 Å².